The van der Waals surface area contributed by atoms with Crippen molar-refractivity contribution in [3.8, 4) is 22.6 Å². The molecule has 1 N–H and O–H groups in total. The molecule has 0 aliphatic rings. The van der Waals surface area contributed by atoms with Crippen LogP contribution in [0.1, 0.15) is 90.4 Å². The Labute approximate surface area is 196 Å². The van der Waals surface area contributed by atoms with Gasteiger partial charge >= 0.3 is 0 Å². The van der Waals surface area contributed by atoms with Gasteiger partial charge in [-0.2, -0.15) is 0 Å². The molecule has 0 aromatic heterocycles. The summed E-state index contributed by atoms with van der Waals surface area (Å²) < 4.78 is 11.8. The predicted molar refractivity (Wildman–Crippen MR) is 136 cm³/mol. The minimum absolute atomic E-state index is 0.338. The Balaban J connectivity index is 1.57. The van der Waals surface area contributed by atoms with Crippen molar-refractivity contribution in [3.63, 3.8) is 0 Å². The van der Waals surface area contributed by atoms with Gasteiger partial charge in [-0.05, 0) is 54.7 Å². The monoisotopic (exact) mass is 440 g/mol. The maximum atomic E-state index is 8.77. The molecule has 178 valence electrons. The van der Waals surface area contributed by atoms with Gasteiger partial charge in [0.15, 0.2) is 0 Å². The molecule has 0 spiro atoms. The molecule has 0 bridgehead atoms. The number of hydrogen-bond acceptors (Lipinski definition) is 3. The van der Waals surface area contributed by atoms with Gasteiger partial charge in [0, 0.05) is 6.61 Å². The van der Waals surface area contributed by atoms with Gasteiger partial charge < -0.3 is 14.6 Å². The lowest BCUT2D eigenvalue weighted by molar-refractivity contribution is 0.282. The van der Waals surface area contributed by atoms with Gasteiger partial charge in [0.1, 0.15) is 11.5 Å². The normalized spacial score (nSPS) is 10.9. The molecule has 3 nitrogen and oxygen atoms in total. The molecule has 0 saturated carbocycles. The van der Waals surface area contributed by atoms with Gasteiger partial charge in [-0.1, -0.05) is 95.4 Å². The summed E-state index contributed by atoms with van der Waals surface area (Å²) in [5, 5.41) is 8.77. The van der Waals surface area contributed by atoms with Gasteiger partial charge in [0.05, 0.1) is 13.2 Å². The number of ether oxygens (including phenoxy) is 2. The molecule has 0 aliphatic carbocycles. The van der Waals surface area contributed by atoms with E-state index in [1.165, 1.54) is 75.3 Å². The average Bonchev–Trinajstić information content (AvgIpc) is 2.83. The third-order valence-electron chi connectivity index (χ3n) is 5.88. The summed E-state index contributed by atoms with van der Waals surface area (Å²) >= 11 is 0. The van der Waals surface area contributed by atoms with Crippen LogP contribution in [0.4, 0.5) is 0 Å². The van der Waals surface area contributed by atoms with E-state index in [-0.39, 0.29) is 0 Å². The highest BCUT2D eigenvalue weighted by Gasteiger charge is 2.01. The van der Waals surface area contributed by atoms with Crippen LogP contribution >= 0.6 is 0 Å². The minimum Gasteiger partial charge on any atom is -0.494 e. The summed E-state index contributed by atoms with van der Waals surface area (Å²) in [5.74, 6) is 1.90. The number of unbranched alkanes of at least 4 members (excludes halogenated alkanes) is 11. The Morgan fingerprint density at radius 2 is 0.875 bits per heavy atom. The number of benzene rings is 2. The van der Waals surface area contributed by atoms with Crippen molar-refractivity contribution in [3.05, 3.63) is 48.5 Å². The van der Waals surface area contributed by atoms with Crippen LogP contribution in [0.15, 0.2) is 48.5 Å². The molecule has 0 saturated heterocycles. The van der Waals surface area contributed by atoms with Crippen LogP contribution in [-0.4, -0.2) is 24.9 Å². The van der Waals surface area contributed by atoms with E-state index in [0.29, 0.717) is 6.61 Å². The highest BCUT2D eigenvalue weighted by atomic mass is 16.5. The molecule has 2 rings (SSSR count). The van der Waals surface area contributed by atoms with Crippen molar-refractivity contribution < 1.29 is 14.6 Å². The number of hydrogen-bond donors (Lipinski definition) is 1. The van der Waals surface area contributed by atoms with Crippen LogP contribution < -0.4 is 9.47 Å². The second kappa shape index (κ2) is 17.5. The highest BCUT2D eigenvalue weighted by Crippen LogP contribution is 2.25. The lowest BCUT2D eigenvalue weighted by Gasteiger charge is -2.09. The summed E-state index contributed by atoms with van der Waals surface area (Å²) in [5.41, 5.74) is 2.40. The van der Waals surface area contributed by atoms with Crippen LogP contribution in [0, 0.1) is 0 Å². The van der Waals surface area contributed by atoms with Crippen LogP contribution in [0.3, 0.4) is 0 Å². The molecular formula is C29H44O3. The van der Waals surface area contributed by atoms with E-state index in [0.717, 1.165) is 44.0 Å². The first-order valence-corrected chi connectivity index (χ1v) is 12.9. The molecule has 0 heterocycles. The Morgan fingerprint density at radius 3 is 1.28 bits per heavy atom. The Bertz CT molecular complexity index is 679. The van der Waals surface area contributed by atoms with Crippen molar-refractivity contribution in [1.29, 1.82) is 0 Å². The fourth-order valence-electron chi connectivity index (χ4n) is 3.85. The van der Waals surface area contributed by atoms with Gasteiger partial charge in [0.2, 0.25) is 0 Å². The Morgan fingerprint density at radius 1 is 0.500 bits per heavy atom. The summed E-state index contributed by atoms with van der Waals surface area (Å²) in [6, 6.07) is 16.8. The zero-order valence-corrected chi connectivity index (χ0v) is 20.2. The SMILES string of the molecule is CCCCCCOc1ccc(-c2ccc(OCCCCCCCCCCCO)cc2)cc1. The summed E-state index contributed by atoms with van der Waals surface area (Å²) in [7, 11) is 0. The third kappa shape index (κ3) is 11.6. The maximum absolute atomic E-state index is 8.77. The van der Waals surface area contributed by atoms with E-state index in [9.17, 15) is 0 Å². The second-order valence-corrected chi connectivity index (χ2v) is 8.71. The quantitative estimate of drug-likeness (QED) is 0.224. The third-order valence-corrected chi connectivity index (χ3v) is 5.88. The standard InChI is InChI=1S/C29H44O3/c1-2-3-4-13-24-31-28-19-15-26(16-20-28)27-17-21-29(22-18-27)32-25-14-11-9-7-5-6-8-10-12-23-30/h15-22,30H,2-14,23-25H2,1H3. The van der Waals surface area contributed by atoms with Gasteiger partial charge in [0.25, 0.3) is 0 Å². The first kappa shape index (κ1) is 26.3. The molecule has 0 amide bonds. The van der Waals surface area contributed by atoms with E-state index >= 15 is 0 Å². The largest absolute Gasteiger partial charge is 0.494 e. The first-order valence-electron chi connectivity index (χ1n) is 12.9. The number of aliphatic hydroxyl groups excluding tert-OH is 1. The average molecular weight is 441 g/mol. The molecule has 0 fully saturated rings. The summed E-state index contributed by atoms with van der Waals surface area (Å²) in [6.07, 6.45) is 15.9. The zero-order chi connectivity index (χ0) is 22.7. The fraction of sp³-hybridized carbons (Fsp3) is 0.586. The van der Waals surface area contributed by atoms with Crippen molar-refractivity contribution in [2.24, 2.45) is 0 Å². The number of aliphatic hydroxyl groups is 1. The van der Waals surface area contributed by atoms with Crippen LogP contribution in [-0.2, 0) is 0 Å². The molecule has 32 heavy (non-hydrogen) atoms. The van der Waals surface area contributed by atoms with E-state index < -0.39 is 0 Å². The smallest absolute Gasteiger partial charge is 0.119 e. The molecule has 2 aromatic carbocycles. The highest BCUT2D eigenvalue weighted by molar-refractivity contribution is 5.64. The van der Waals surface area contributed by atoms with E-state index in [1.807, 2.05) is 0 Å². The van der Waals surface area contributed by atoms with Gasteiger partial charge in [-0.3, -0.25) is 0 Å². The summed E-state index contributed by atoms with van der Waals surface area (Å²) in [6.45, 7) is 4.16. The van der Waals surface area contributed by atoms with E-state index in [1.54, 1.807) is 0 Å². The van der Waals surface area contributed by atoms with Crippen molar-refractivity contribution in [1.82, 2.24) is 0 Å². The van der Waals surface area contributed by atoms with Crippen molar-refractivity contribution in [2.75, 3.05) is 19.8 Å². The number of rotatable bonds is 19. The Kier molecular flexibility index (Phi) is 14.4. The van der Waals surface area contributed by atoms with Crippen molar-refractivity contribution in [2.45, 2.75) is 90.4 Å². The first-order chi connectivity index (χ1) is 15.8. The predicted octanol–water partition coefficient (Wildman–Crippen LogP) is 8.19. The lowest BCUT2D eigenvalue weighted by atomic mass is 10.1. The molecule has 0 unspecified atom stereocenters. The fourth-order valence-corrected chi connectivity index (χ4v) is 3.85. The van der Waals surface area contributed by atoms with Gasteiger partial charge in [-0.25, -0.2) is 0 Å². The van der Waals surface area contributed by atoms with Crippen LogP contribution in [0.25, 0.3) is 11.1 Å². The molecule has 0 radical (unpaired) electrons. The summed E-state index contributed by atoms with van der Waals surface area (Å²) in [4.78, 5) is 0. The lowest BCUT2D eigenvalue weighted by Crippen LogP contribution is -1.97. The Hall–Kier alpha value is -2.00. The van der Waals surface area contributed by atoms with Crippen LogP contribution in [0.2, 0.25) is 0 Å². The topological polar surface area (TPSA) is 38.7 Å². The van der Waals surface area contributed by atoms with E-state index in [4.69, 9.17) is 14.6 Å². The maximum Gasteiger partial charge on any atom is 0.119 e. The van der Waals surface area contributed by atoms with Gasteiger partial charge in [-0.15, -0.1) is 0 Å². The molecular weight excluding hydrogens is 396 g/mol. The minimum atomic E-state index is 0.338. The molecule has 3 heteroatoms. The van der Waals surface area contributed by atoms with E-state index in [2.05, 4.69) is 55.5 Å². The molecule has 2 aromatic rings. The van der Waals surface area contributed by atoms with Crippen LogP contribution in [0.5, 0.6) is 11.5 Å². The molecule has 0 aliphatic heterocycles. The second-order valence-electron chi connectivity index (χ2n) is 8.71. The zero-order valence-electron chi connectivity index (χ0n) is 20.2. The molecule has 0 atom stereocenters. The van der Waals surface area contributed by atoms with Crippen molar-refractivity contribution >= 4 is 0 Å².